The van der Waals surface area contributed by atoms with Gasteiger partial charge in [-0.15, -0.1) is 0 Å². The molecule has 0 radical (unpaired) electrons. The Morgan fingerprint density at radius 2 is 1.96 bits per heavy atom. The number of nitrogens with one attached hydrogen (secondary N) is 1. The first-order chi connectivity index (χ1) is 11.4. The van der Waals surface area contributed by atoms with Crippen molar-refractivity contribution in [2.45, 2.75) is 32.7 Å². The molecule has 6 nitrogen and oxygen atoms in total. The van der Waals surface area contributed by atoms with Crippen LogP contribution in [0.4, 0.5) is 0 Å². The molecule has 2 rings (SSSR count). The largest absolute Gasteiger partial charge is 0.496 e. The topological polar surface area (TPSA) is 75.7 Å². The molecule has 24 heavy (non-hydrogen) atoms. The number of hydrogen-bond donors (Lipinski definition) is 1. The summed E-state index contributed by atoms with van der Waals surface area (Å²) in [5.74, 6) is 0.677. The first-order valence-corrected chi connectivity index (χ1v) is 9.91. The summed E-state index contributed by atoms with van der Waals surface area (Å²) in [4.78, 5) is 12.5. The minimum Gasteiger partial charge on any atom is -0.496 e. The summed E-state index contributed by atoms with van der Waals surface area (Å²) >= 11 is 0. The van der Waals surface area contributed by atoms with E-state index in [1.165, 1.54) is 4.31 Å². The molecule has 134 valence electrons. The van der Waals surface area contributed by atoms with Gasteiger partial charge >= 0.3 is 0 Å². The Balaban J connectivity index is 1.94. The highest BCUT2D eigenvalue weighted by molar-refractivity contribution is 7.89. The van der Waals surface area contributed by atoms with Crippen molar-refractivity contribution in [3.63, 3.8) is 0 Å². The standard InChI is InChI=1S/C17H26N2O4S/c1-4-24(21,22)19-11-9-14(10-12-19)17(20)18-13(2)15-7-5-6-8-16(15)23-3/h5-8,13-14H,4,9-12H2,1-3H3,(H,18,20). The monoisotopic (exact) mass is 354 g/mol. The van der Waals surface area contributed by atoms with Crippen LogP contribution in [0.15, 0.2) is 24.3 Å². The van der Waals surface area contributed by atoms with Crippen LogP contribution >= 0.6 is 0 Å². The summed E-state index contributed by atoms with van der Waals surface area (Å²) in [6, 6.07) is 7.44. The zero-order valence-electron chi connectivity index (χ0n) is 14.5. The number of hydrogen-bond acceptors (Lipinski definition) is 4. The molecule has 1 fully saturated rings. The van der Waals surface area contributed by atoms with E-state index in [0.29, 0.717) is 25.9 Å². The summed E-state index contributed by atoms with van der Waals surface area (Å²) in [7, 11) is -1.55. The van der Waals surface area contributed by atoms with Crippen molar-refractivity contribution < 1.29 is 17.9 Å². The number of amides is 1. The first-order valence-electron chi connectivity index (χ1n) is 8.30. The van der Waals surface area contributed by atoms with Crippen LogP contribution in [-0.4, -0.2) is 44.6 Å². The zero-order valence-corrected chi connectivity index (χ0v) is 15.3. The molecule has 1 aliphatic heterocycles. The molecule has 1 unspecified atom stereocenters. The van der Waals surface area contributed by atoms with Gasteiger partial charge in [0.1, 0.15) is 5.75 Å². The third-order valence-electron chi connectivity index (χ3n) is 4.55. The molecule has 1 aliphatic rings. The van der Waals surface area contributed by atoms with Crippen LogP contribution in [0, 0.1) is 5.92 Å². The van der Waals surface area contributed by atoms with Gasteiger partial charge in [-0.2, -0.15) is 0 Å². The second-order valence-corrected chi connectivity index (χ2v) is 8.30. The van der Waals surface area contributed by atoms with E-state index >= 15 is 0 Å². The van der Waals surface area contributed by atoms with Gasteiger partial charge in [-0.1, -0.05) is 18.2 Å². The molecule has 1 N–H and O–H groups in total. The van der Waals surface area contributed by atoms with Crippen LogP contribution in [0.2, 0.25) is 0 Å². The molecule has 0 spiro atoms. The Labute approximate surface area is 144 Å². The van der Waals surface area contributed by atoms with Gasteiger partial charge in [-0.25, -0.2) is 12.7 Å². The van der Waals surface area contributed by atoms with Gasteiger partial charge < -0.3 is 10.1 Å². The maximum Gasteiger partial charge on any atom is 0.223 e. The number of para-hydroxylation sites is 1. The number of methoxy groups -OCH3 is 1. The number of carbonyl (C=O) groups is 1. The molecule has 7 heteroatoms. The summed E-state index contributed by atoms with van der Waals surface area (Å²) in [5, 5.41) is 3.02. The van der Waals surface area contributed by atoms with E-state index in [1.54, 1.807) is 14.0 Å². The molecular weight excluding hydrogens is 328 g/mol. The van der Waals surface area contributed by atoms with Crippen LogP contribution in [0.5, 0.6) is 5.75 Å². The van der Waals surface area contributed by atoms with Crippen LogP contribution in [0.25, 0.3) is 0 Å². The predicted molar refractivity (Wildman–Crippen MR) is 93.3 cm³/mol. The van der Waals surface area contributed by atoms with E-state index < -0.39 is 10.0 Å². The van der Waals surface area contributed by atoms with Gasteiger partial charge in [0.25, 0.3) is 0 Å². The number of piperidine rings is 1. The van der Waals surface area contributed by atoms with E-state index in [-0.39, 0.29) is 23.6 Å². The molecule has 1 amide bonds. The average molecular weight is 354 g/mol. The molecule has 1 aromatic rings. The Kier molecular flexibility index (Phi) is 6.23. The average Bonchev–Trinajstić information content (AvgIpc) is 2.61. The second kappa shape index (κ2) is 7.98. The summed E-state index contributed by atoms with van der Waals surface area (Å²) in [6.07, 6.45) is 1.12. The highest BCUT2D eigenvalue weighted by Gasteiger charge is 2.30. The van der Waals surface area contributed by atoms with Crippen molar-refractivity contribution in [2.24, 2.45) is 5.92 Å². The molecule has 0 aromatic heterocycles. The Morgan fingerprint density at radius 1 is 1.33 bits per heavy atom. The normalized spacial score (nSPS) is 18.1. The van der Waals surface area contributed by atoms with E-state index in [4.69, 9.17) is 4.74 Å². The molecule has 0 saturated carbocycles. The lowest BCUT2D eigenvalue weighted by molar-refractivity contribution is -0.126. The van der Waals surface area contributed by atoms with Gasteiger partial charge in [0.15, 0.2) is 0 Å². The van der Waals surface area contributed by atoms with Crippen molar-refractivity contribution in [1.82, 2.24) is 9.62 Å². The third kappa shape index (κ3) is 4.27. The van der Waals surface area contributed by atoms with E-state index in [0.717, 1.165) is 11.3 Å². The van der Waals surface area contributed by atoms with Gasteiger partial charge in [-0.05, 0) is 32.8 Å². The number of rotatable bonds is 6. The lowest BCUT2D eigenvalue weighted by Crippen LogP contribution is -2.43. The lowest BCUT2D eigenvalue weighted by Gasteiger charge is -2.31. The number of benzene rings is 1. The maximum absolute atomic E-state index is 12.5. The van der Waals surface area contributed by atoms with E-state index in [9.17, 15) is 13.2 Å². The number of ether oxygens (including phenoxy) is 1. The maximum atomic E-state index is 12.5. The second-order valence-electron chi connectivity index (χ2n) is 6.05. The smallest absolute Gasteiger partial charge is 0.223 e. The van der Waals surface area contributed by atoms with Crippen molar-refractivity contribution >= 4 is 15.9 Å². The van der Waals surface area contributed by atoms with Crippen LogP contribution in [0.3, 0.4) is 0 Å². The van der Waals surface area contributed by atoms with Gasteiger partial charge in [-0.3, -0.25) is 4.79 Å². The SMILES string of the molecule is CCS(=O)(=O)N1CCC(C(=O)NC(C)c2ccccc2OC)CC1. The fraction of sp³-hybridized carbons (Fsp3) is 0.588. The van der Waals surface area contributed by atoms with Gasteiger partial charge in [0.2, 0.25) is 15.9 Å². The molecule has 1 aromatic carbocycles. The van der Waals surface area contributed by atoms with Crippen molar-refractivity contribution in [2.75, 3.05) is 26.0 Å². The Bertz CT molecular complexity index is 667. The third-order valence-corrected chi connectivity index (χ3v) is 6.43. The van der Waals surface area contributed by atoms with Gasteiger partial charge in [0, 0.05) is 24.6 Å². The van der Waals surface area contributed by atoms with Gasteiger partial charge in [0.05, 0.1) is 18.9 Å². The Hall–Kier alpha value is -1.60. The number of sulfonamides is 1. The zero-order chi connectivity index (χ0) is 17.7. The van der Waals surface area contributed by atoms with Crippen molar-refractivity contribution in [3.8, 4) is 5.75 Å². The molecule has 1 saturated heterocycles. The minimum atomic E-state index is -3.16. The first kappa shape index (κ1) is 18.7. The van der Waals surface area contributed by atoms with E-state index in [2.05, 4.69) is 5.32 Å². The van der Waals surface area contributed by atoms with Crippen LogP contribution in [-0.2, 0) is 14.8 Å². The lowest BCUT2D eigenvalue weighted by atomic mass is 9.96. The van der Waals surface area contributed by atoms with Crippen LogP contribution < -0.4 is 10.1 Å². The van der Waals surface area contributed by atoms with Crippen molar-refractivity contribution in [1.29, 1.82) is 0 Å². The highest BCUT2D eigenvalue weighted by atomic mass is 32.2. The summed E-state index contributed by atoms with van der Waals surface area (Å²) in [6.45, 7) is 4.39. The molecular formula is C17H26N2O4S. The summed E-state index contributed by atoms with van der Waals surface area (Å²) in [5.41, 5.74) is 0.930. The van der Waals surface area contributed by atoms with Crippen molar-refractivity contribution in [3.05, 3.63) is 29.8 Å². The molecule has 1 atom stereocenters. The molecule has 0 aliphatic carbocycles. The minimum absolute atomic E-state index is 0.0260. The number of carbonyl (C=O) groups excluding carboxylic acids is 1. The predicted octanol–water partition coefficient (Wildman–Crippen LogP) is 1.93. The van der Waals surface area contributed by atoms with E-state index in [1.807, 2.05) is 31.2 Å². The number of nitrogens with zero attached hydrogens (tertiary/aromatic N) is 1. The quantitative estimate of drug-likeness (QED) is 0.847. The van der Waals surface area contributed by atoms with Crippen LogP contribution in [0.1, 0.15) is 38.3 Å². The highest BCUT2D eigenvalue weighted by Crippen LogP contribution is 2.26. The molecule has 0 bridgehead atoms. The molecule has 1 heterocycles. The Morgan fingerprint density at radius 3 is 2.54 bits per heavy atom. The fourth-order valence-electron chi connectivity index (χ4n) is 3.01. The summed E-state index contributed by atoms with van der Waals surface area (Å²) < 4.78 is 30.6. The fourth-order valence-corrected chi connectivity index (χ4v) is 4.14.